The van der Waals surface area contributed by atoms with Gasteiger partial charge >= 0.3 is 0 Å². The van der Waals surface area contributed by atoms with Crippen LogP contribution in [0.5, 0.6) is 0 Å². The third-order valence-corrected chi connectivity index (χ3v) is 22.9. The van der Waals surface area contributed by atoms with Crippen LogP contribution in [0.15, 0.2) is 330 Å². The van der Waals surface area contributed by atoms with E-state index in [-0.39, 0.29) is 34.0 Å². The summed E-state index contributed by atoms with van der Waals surface area (Å²) in [6, 6.07) is 114. The highest BCUT2D eigenvalue weighted by molar-refractivity contribution is 8.00. The second-order valence-electron chi connectivity index (χ2n) is 26.4. The molecule has 15 aromatic carbocycles. The predicted molar refractivity (Wildman–Crippen MR) is 445 cm³/mol. The Morgan fingerprint density at radius 2 is 0.904 bits per heavy atom. The van der Waals surface area contributed by atoms with Crippen molar-refractivity contribution >= 4 is 206 Å². The van der Waals surface area contributed by atoms with E-state index in [0.29, 0.717) is 11.3 Å². The van der Waals surface area contributed by atoms with Gasteiger partial charge in [0.2, 0.25) is 6.71 Å². The van der Waals surface area contributed by atoms with Gasteiger partial charge in [-0.1, -0.05) is 234 Å². The largest absolute Gasteiger partial charge is 0.456 e. The maximum atomic E-state index is 10.1. The van der Waals surface area contributed by atoms with Gasteiger partial charge in [-0.25, -0.2) is 0 Å². The molecular formula is C91H52B6N4OS2. The number of benzene rings is 15. The van der Waals surface area contributed by atoms with Crippen LogP contribution in [-0.2, 0) is 0 Å². The lowest BCUT2D eigenvalue weighted by molar-refractivity contribution is 0.669. The average Bonchev–Trinajstić information content (AvgIpc) is 0.871. The molecule has 13 heteroatoms. The molecule has 0 spiro atoms. The summed E-state index contributed by atoms with van der Waals surface area (Å²) >= 11 is 3.59. The quantitative estimate of drug-likeness (QED) is 0.114. The van der Waals surface area contributed by atoms with Crippen LogP contribution in [-0.4, -0.2) is 45.9 Å². The van der Waals surface area contributed by atoms with Crippen molar-refractivity contribution in [3.63, 3.8) is 0 Å². The highest BCUT2D eigenvalue weighted by Crippen LogP contribution is 2.53. The Balaban J connectivity index is 0.868. The number of anilines is 9. The van der Waals surface area contributed by atoms with Gasteiger partial charge in [-0.2, -0.15) is 5.26 Å². The molecule has 0 fully saturated rings. The monoisotopic (exact) mass is 1350 g/mol. The summed E-state index contributed by atoms with van der Waals surface area (Å²) in [5, 5.41) is 14.6. The fourth-order valence-electron chi connectivity index (χ4n) is 15.8. The SMILES string of the molecule is [B]c1c([B])c([B])c(N(c2ccccc2)c2ccc3c(c2)Sc2cc(-c4ccc5c(c4)oc4ccc6sc7c(-c8ccccc8-c8ccccc8)cccc7c6c45)cc4c2B3c2ccc(N(c3ccccc3)c3ccc(C#N)cc3)cc2N4c2c(-c3ccccc3)cccc2-c2ccccc2)c([B])c1[B]. The van der Waals surface area contributed by atoms with E-state index < -0.39 is 0 Å². The molecule has 17 aromatic rings. The lowest BCUT2D eigenvalue weighted by Crippen LogP contribution is -2.60. The second-order valence-corrected chi connectivity index (χ2v) is 28.6. The van der Waals surface area contributed by atoms with E-state index in [1.807, 2.05) is 76.9 Å². The van der Waals surface area contributed by atoms with E-state index >= 15 is 0 Å². The van der Waals surface area contributed by atoms with Gasteiger partial charge < -0.3 is 19.1 Å². The zero-order chi connectivity index (χ0) is 69.8. The fourth-order valence-corrected chi connectivity index (χ4v) is 18.3. The number of fused-ring (bicyclic) bond motifs is 11. The molecule has 0 atom stereocenters. The Morgan fingerprint density at radius 3 is 1.56 bits per heavy atom. The third-order valence-electron chi connectivity index (χ3n) is 20.6. The van der Waals surface area contributed by atoms with Crippen molar-refractivity contribution < 1.29 is 4.42 Å². The Kier molecular flexibility index (Phi) is 15.4. The molecule has 0 saturated heterocycles. The van der Waals surface area contributed by atoms with Crippen LogP contribution >= 0.6 is 23.1 Å². The van der Waals surface area contributed by atoms with Gasteiger partial charge in [0.1, 0.15) is 50.4 Å². The van der Waals surface area contributed by atoms with Crippen molar-refractivity contribution in [1.29, 1.82) is 5.26 Å². The molecule has 472 valence electrons. The number of para-hydroxylation sites is 3. The van der Waals surface area contributed by atoms with E-state index in [2.05, 4.69) is 271 Å². The molecule has 2 aliphatic rings. The number of hydrogen-bond acceptors (Lipinski definition) is 7. The number of thiophene rings is 1. The summed E-state index contributed by atoms with van der Waals surface area (Å²) in [7, 11) is 34.0. The highest BCUT2D eigenvalue weighted by Gasteiger charge is 2.43. The van der Waals surface area contributed by atoms with Crippen LogP contribution in [0.25, 0.3) is 97.7 Å². The normalized spacial score (nSPS) is 12.1. The number of nitrogens with zero attached hydrogens (tertiary/aromatic N) is 4. The topological polar surface area (TPSA) is 46.7 Å². The molecule has 0 saturated carbocycles. The number of hydrogen-bond donors (Lipinski definition) is 0. The average molecular weight is 1350 g/mol. The Labute approximate surface area is 618 Å². The summed E-state index contributed by atoms with van der Waals surface area (Å²) in [5.74, 6) is 0. The van der Waals surface area contributed by atoms with E-state index in [1.54, 1.807) is 11.8 Å². The van der Waals surface area contributed by atoms with Crippen LogP contribution in [0, 0.1) is 11.3 Å². The summed E-state index contributed by atoms with van der Waals surface area (Å²) < 4.78 is 9.57. The van der Waals surface area contributed by atoms with Crippen molar-refractivity contribution in [2.75, 3.05) is 14.7 Å². The second kappa shape index (κ2) is 25.5. The summed E-state index contributed by atoms with van der Waals surface area (Å²) in [6.07, 6.45) is 0. The minimum Gasteiger partial charge on any atom is -0.456 e. The van der Waals surface area contributed by atoms with Gasteiger partial charge in [-0.15, -0.1) is 27.7 Å². The van der Waals surface area contributed by atoms with Gasteiger partial charge in [-0.05, 0) is 159 Å². The van der Waals surface area contributed by atoms with Crippen molar-refractivity contribution in [3.8, 4) is 61.7 Å². The Hall–Kier alpha value is -12.1. The van der Waals surface area contributed by atoms with Crippen molar-refractivity contribution in [2.45, 2.75) is 9.79 Å². The van der Waals surface area contributed by atoms with Gasteiger partial charge in [0.25, 0.3) is 0 Å². The molecule has 0 bridgehead atoms. The lowest BCUT2D eigenvalue weighted by atomic mass is 9.34. The van der Waals surface area contributed by atoms with Gasteiger partial charge in [0.15, 0.2) is 0 Å². The first-order chi connectivity index (χ1) is 51.1. The number of nitriles is 1. The first kappa shape index (κ1) is 62.9. The zero-order valence-corrected chi connectivity index (χ0v) is 57.6. The molecule has 0 amide bonds. The number of rotatable bonds is 12. The molecule has 2 aliphatic heterocycles. The summed E-state index contributed by atoms with van der Waals surface area (Å²) in [6.45, 7) is -0.292. The lowest BCUT2D eigenvalue weighted by Gasteiger charge is -2.42. The molecule has 0 N–H and O–H groups in total. The number of furan rings is 1. The van der Waals surface area contributed by atoms with Crippen molar-refractivity contribution in [2.24, 2.45) is 0 Å². The third kappa shape index (κ3) is 10.3. The minimum absolute atomic E-state index is 0.142. The first-order valence-corrected chi connectivity index (χ1v) is 36.1. The molecule has 19 rings (SSSR count). The van der Waals surface area contributed by atoms with Crippen LogP contribution in [0.1, 0.15) is 5.56 Å². The summed E-state index contributed by atoms with van der Waals surface area (Å²) in [5.41, 5.74) is 25.4. The molecule has 2 aromatic heterocycles. The smallest absolute Gasteiger partial charge is 0.249 e. The van der Waals surface area contributed by atoms with Gasteiger partial charge in [-0.3, -0.25) is 0 Å². The molecule has 10 radical (unpaired) electrons. The van der Waals surface area contributed by atoms with Crippen LogP contribution < -0.4 is 58.4 Å². The van der Waals surface area contributed by atoms with Gasteiger partial charge in [0, 0.05) is 103 Å². The molecular weight excluding hydrogens is 1290 g/mol. The van der Waals surface area contributed by atoms with Crippen LogP contribution in [0.4, 0.5) is 51.2 Å². The van der Waals surface area contributed by atoms with E-state index in [0.717, 1.165) is 122 Å². The van der Waals surface area contributed by atoms with Crippen LogP contribution in [0.2, 0.25) is 0 Å². The van der Waals surface area contributed by atoms with E-state index in [9.17, 15) is 5.26 Å². The Morgan fingerprint density at radius 1 is 0.365 bits per heavy atom. The van der Waals surface area contributed by atoms with Gasteiger partial charge in [0.05, 0.1) is 17.3 Å². The Bertz CT molecular complexity index is 6280. The van der Waals surface area contributed by atoms with E-state index in [1.165, 1.54) is 47.9 Å². The highest BCUT2D eigenvalue weighted by atomic mass is 32.2. The minimum atomic E-state index is -0.292. The zero-order valence-electron chi connectivity index (χ0n) is 56.0. The maximum absolute atomic E-state index is 10.1. The van der Waals surface area contributed by atoms with Crippen molar-refractivity contribution in [3.05, 3.63) is 321 Å². The molecule has 5 nitrogen and oxygen atoms in total. The summed E-state index contributed by atoms with van der Waals surface area (Å²) in [4.78, 5) is 8.98. The maximum Gasteiger partial charge on any atom is 0.249 e. The van der Waals surface area contributed by atoms with E-state index in [4.69, 9.17) is 43.6 Å². The molecule has 4 heterocycles. The molecule has 104 heavy (non-hydrogen) atoms. The van der Waals surface area contributed by atoms with Crippen molar-refractivity contribution in [1.82, 2.24) is 0 Å². The first-order valence-electron chi connectivity index (χ1n) is 34.5. The van der Waals surface area contributed by atoms with Crippen LogP contribution in [0.3, 0.4) is 0 Å². The predicted octanol–water partition coefficient (Wildman–Crippen LogP) is 17.8. The molecule has 0 aliphatic carbocycles. The molecule has 0 unspecified atom stereocenters. The standard InChI is InChI=1S/C91H52B6N4OS2/c92-83-84(93)86(95)90(87(96)85(83)94)100(61-28-14-5-15-29-61)64-42-45-73-79(52-64)103-80-50-59(58-38-43-70-77(49-58)102-76-46-47-78-82(81(70)76)71-35-19-34-69(91(71)104-78)68-31-17-16-30-65(68)55-20-6-1-7-21-55)48-75-88(80)97(73)72-44-41-63(99(60-26-12-4-13-27-60)62-39-36-54(53-98)37-40-62)51-74(72)101(75)89-66(56-22-8-2-9-23-56)32-18-33-67(89)57-24-10-3-11-25-57/h1-52H. The fraction of sp³-hybridized carbons (Fsp3) is 0.